The van der Waals surface area contributed by atoms with Gasteiger partial charge in [0.2, 0.25) is 5.91 Å². The summed E-state index contributed by atoms with van der Waals surface area (Å²) in [6.07, 6.45) is 9.41. The molecule has 0 aromatic rings. The van der Waals surface area contributed by atoms with Gasteiger partial charge in [-0.2, -0.15) is 5.26 Å². The van der Waals surface area contributed by atoms with Crippen molar-refractivity contribution in [2.45, 2.75) is 64.7 Å². The summed E-state index contributed by atoms with van der Waals surface area (Å²) in [6, 6.07) is 2.39. The monoisotopic (exact) mass is 262 g/mol. The number of likely N-dealkylation sites (tertiary alicyclic amines) is 1. The second-order valence-electron chi connectivity index (χ2n) is 6.25. The number of hydrogen-bond acceptors (Lipinski definition) is 2. The number of carbonyl (C=O) groups excluding carboxylic acids is 1. The Morgan fingerprint density at radius 3 is 2.26 bits per heavy atom. The molecule has 0 atom stereocenters. The van der Waals surface area contributed by atoms with Crippen molar-refractivity contribution in [1.29, 1.82) is 5.26 Å². The molecule has 3 heteroatoms. The maximum atomic E-state index is 12.8. The van der Waals surface area contributed by atoms with E-state index < -0.39 is 5.41 Å². The predicted molar refractivity (Wildman–Crippen MR) is 75.3 cm³/mol. The van der Waals surface area contributed by atoms with E-state index in [9.17, 15) is 10.1 Å². The number of carbonyl (C=O) groups is 1. The molecule has 1 heterocycles. The molecule has 0 bridgehead atoms. The largest absolute Gasteiger partial charge is 0.341 e. The SMILES string of the molecule is CCC1CCN(C(=O)C2(C#N)CCCCCC2)CC1. The van der Waals surface area contributed by atoms with Crippen LogP contribution in [0.5, 0.6) is 0 Å². The van der Waals surface area contributed by atoms with Crippen LogP contribution in [0.15, 0.2) is 0 Å². The van der Waals surface area contributed by atoms with Gasteiger partial charge in [-0.25, -0.2) is 0 Å². The quantitative estimate of drug-likeness (QED) is 0.715. The zero-order valence-electron chi connectivity index (χ0n) is 12.2. The van der Waals surface area contributed by atoms with E-state index in [1.165, 1.54) is 19.3 Å². The van der Waals surface area contributed by atoms with Gasteiger partial charge in [-0.05, 0) is 31.6 Å². The fourth-order valence-corrected chi connectivity index (χ4v) is 3.55. The highest BCUT2D eigenvalue weighted by atomic mass is 16.2. The Morgan fingerprint density at radius 1 is 1.21 bits per heavy atom. The summed E-state index contributed by atoms with van der Waals surface area (Å²) in [5.74, 6) is 0.905. The summed E-state index contributed by atoms with van der Waals surface area (Å²) in [4.78, 5) is 14.7. The average Bonchev–Trinajstić information content (AvgIpc) is 2.73. The Bertz CT molecular complexity index is 342. The maximum Gasteiger partial charge on any atom is 0.243 e. The number of nitriles is 1. The van der Waals surface area contributed by atoms with Crippen molar-refractivity contribution in [1.82, 2.24) is 4.90 Å². The number of piperidine rings is 1. The summed E-state index contributed by atoms with van der Waals surface area (Å²) < 4.78 is 0. The molecule has 2 rings (SSSR count). The zero-order chi connectivity index (χ0) is 13.7. The van der Waals surface area contributed by atoms with Crippen molar-refractivity contribution in [3.05, 3.63) is 0 Å². The minimum absolute atomic E-state index is 0.131. The molecule has 1 aliphatic heterocycles. The summed E-state index contributed by atoms with van der Waals surface area (Å²) in [5, 5.41) is 9.57. The first-order chi connectivity index (χ1) is 9.22. The van der Waals surface area contributed by atoms with Gasteiger partial charge in [0.15, 0.2) is 0 Å². The molecule has 0 aromatic heterocycles. The molecule has 3 nitrogen and oxygen atoms in total. The first-order valence-electron chi connectivity index (χ1n) is 7.92. The standard InChI is InChI=1S/C16H26N2O/c1-2-14-7-11-18(12-8-14)15(19)16(13-17)9-5-3-4-6-10-16/h14H,2-12H2,1H3. The molecule has 2 fully saturated rings. The van der Waals surface area contributed by atoms with Crippen LogP contribution < -0.4 is 0 Å². The third-order valence-electron chi connectivity index (χ3n) is 5.06. The molecule has 2 aliphatic rings. The molecule has 0 radical (unpaired) electrons. The molecule has 0 aromatic carbocycles. The van der Waals surface area contributed by atoms with E-state index in [0.717, 1.165) is 57.5 Å². The number of nitrogens with zero attached hydrogens (tertiary/aromatic N) is 2. The van der Waals surface area contributed by atoms with Crippen molar-refractivity contribution >= 4 is 5.91 Å². The van der Waals surface area contributed by atoms with E-state index in [2.05, 4.69) is 13.0 Å². The molecule has 0 spiro atoms. The lowest BCUT2D eigenvalue weighted by Crippen LogP contribution is -2.46. The van der Waals surface area contributed by atoms with Crippen LogP contribution >= 0.6 is 0 Å². The highest BCUT2D eigenvalue weighted by Crippen LogP contribution is 2.37. The van der Waals surface area contributed by atoms with Crippen molar-refractivity contribution in [2.24, 2.45) is 11.3 Å². The molecular weight excluding hydrogens is 236 g/mol. The van der Waals surface area contributed by atoms with Crippen molar-refractivity contribution < 1.29 is 4.79 Å². The minimum Gasteiger partial charge on any atom is -0.341 e. The Balaban J connectivity index is 2.02. The first-order valence-corrected chi connectivity index (χ1v) is 7.92. The molecule has 0 N–H and O–H groups in total. The lowest BCUT2D eigenvalue weighted by molar-refractivity contribution is -0.141. The van der Waals surface area contributed by atoms with E-state index in [4.69, 9.17) is 0 Å². The van der Waals surface area contributed by atoms with Crippen LogP contribution in [0.25, 0.3) is 0 Å². The fraction of sp³-hybridized carbons (Fsp3) is 0.875. The minimum atomic E-state index is -0.699. The summed E-state index contributed by atoms with van der Waals surface area (Å²) in [5.41, 5.74) is -0.699. The number of amides is 1. The van der Waals surface area contributed by atoms with Crippen molar-refractivity contribution in [3.63, 3.8) is 0 Å². The second kappa shape index (κ2) is 6.41. The Labute approximate surface area is 117 Å². The van der Waals surface area contributed by atoms with Gasteiger partial charge >= 0.3 is 0 Å². The summed E-state index contributed by atoms with van der Waals surface area (Å²) in [6.45, 7) is 3.95. The summed E-state index contributed by atoms with van der Waals surface area (Å²) in [7, 11) is 0. The molecule has 1 amide bonds. The second-order valence-corrected chi connectivity index (χ2v) is 6.25. The predicted octanol–water partition coefficient (Wildman–Crippen LogP) is 3.50. The van der Waals surface area contributed by atoms with Crippen molar-refractivity contribution in [3.8, 4) is 6.07 Å². The van der Waals surface area contributed by atoms with Gasteiger partial charge in [-0.1, -0.05) is 39.0 Å². The molecule has 19 heavy (non-hydrogen) atoms. The lowest BCUT2D eigenvalue weighted by Gasteiger charge is -2.36. The number of rotatable bonds is 2. The van der Waals surface area contributed by atoms with Gasteiger partial charge in [-0.3, -0.25) is 4.79 Å². The Hall–Kier alpha value is -1.04. The Kier molecular flexibility index (Phi) is 4.85. The molecule has 1 aliphatic carbocycles. The molecule has 106 valence electrons. The van der Waals surface area contributed by atoms with Crippen LogP contribution in [0.3, 0.4) is 0 Å². The van der Waals surface area contributed by atoms with E-state index in [-0.39, 0.29) is 5.91 Å². The smallest absolute Gasteiger partial charge is 0.243 e. The first kappa shape index (κ1) is 14.4. The highest BCUT2D eigenvalue weighted by molar-refractivity contribution is 5.85. The van der Waals surface area contributed by atoms with Crippen LogP contribution in [0, 0.1) is 22.7 Å². The van der Waals surface area contributed by atoms with E-state index in [1.54, 1.807) is 0 Å². The van der Waals surface area contributed by atoms with Gasteiger partial charge in [0, 0.05) is 13.1 Å². The normalized spacial score (nSPS) is 24.5. The molecule has 1 saturated carbocycles. The summed E-state index contributed by atoms with van der Waals surface area (Å²) >= 11 is 0. The zero-order valence-corrected chi connectivity index (χ0v) is 12.2. The van der Waals surface area contributed by atoms with Gasteiger partial charge in [0.1, 0.15) is 5.41 Å². The third-order valence-corrected chi connectivity index (χ3v) is 5.06. The highest BCUT2D eigenvalue weighted by Gasteiger charge is 2.42. The van der Waals surface area contributed by atoms with Crippen LogP contribution in [0.4, 0.5) is 0 Å². The van der Waals surface area contributed by atoms with Gasteiger partial charge in [0.05, 0.1) is 6.07 Å². The van der Waals surface area contributed by atoms with Crippen LogP contribution in [0.1, 0.15) is 64.7 Å². The lowest BCUT2D eigenvalue weighted by atomic mass is 9.79. The van der Waals surface area contributed by atoms with Crippen LogP contribution in [-0.4, -0.2) is 23.9 Å². The van der Waals surface area contributed by atoms with E-state index >= 15 is 0 Å². The van der Waals surface area contributed by atoms with Gasteiger partial charge in [0.25, 0.3) is 0 Å². The average molecular weight is 262 g/mol. The van der Waals surface area contributed by atoms with Crippen LogP contribution in [0.2, 0.25) is 0 Å². The van der Waals surface area contributed by atoms with Crippen molar-refractivity contribution in [2.75, 3.05) is 13.1 Å². The molecule has 0 unspecified atom stereocenters. The number of hydrogen-bond donors (Lipinski definition) is 0. The van der Waals surface area contributed by atoms with Gasteiger partial charge < -0.3 is 4.90 Å². The van der Waals surface area contributed by atoms with Gasteiger partial charge in [-0.15, -0.1) is 0 Å². The molecule has 1 saturated heterocycles. The van der Waals surface area contributed by atoms with E-state index in [1.807, 2.05) is 4.90 Å². The Morgan fingerprint density at radius 2 is 1.79 bits per heavy atom. The van der Waals surface area contributed by atoms with E-state index in [0.29, 0.717) is 0 Å². The maximum absolute atomic E-state index is 12.8. The van der Waals surface area contributed by atoms with Crippen LogP contribution in [-0.2, 0) is 4.79 Å². The molecular formula is C16H26N2O. The topological polar surface area (TPSA) is 44.1 Å². The third kappa shape index (κ3) is 3.11. The fourth-order valence-electron chi connectivity index (χ4n) is 3.55.